The number of aliphatic hydroxyl groups excluding tert-OH is 1. The second kappa shape index (κ2) is 3.88. The van der Waals surface area contributed by atoms with Gasteiger partial charge in [0.1, 0.15) is 24.4 Å². The minimum absolute atomic E-state index is 0.295. The van der Waals surface area contributed by atoms with Crippen molar-refractivity contribution in [3.8, 4) is 0 Å². The minimum atomic E-state index is -0.765. The topological polar surface area (TPSA) is 66.4 Å². The van der Waals surface area contributed by atoms with Crippen molar-refractivity contribution in [1.29, 1.82) is 0 Å². The van der Waals surface area contributed by atoms with E-state index in [1.165, 1.54) is 0 Å². The van der Waals surface area contributed by atoms with Crippen molar-refractivity contribution < 1.29 is 28.8 Å². The van der Waals surface area contributed by atoms with Crippen molar-refractivity contribution >= 4 is 0 Å². The van der Waals surface area contributed by atoms with E-state index < -0.39 is 36.2 Å². The van der Waals surface area contributed by atoms with Crippen LogP contribution in [-0.2, 0) is 23.7 Å². The van der Waals surface area contributed by atoms with E-state index >= 15 is 0 Å². The molecule has 0 aromatic rings. The molecular weight excluding hydrogens is 240 g/mol. The molecule has 0 radical (unpaired) electrons. The molecule has 18 heavy (non-hydrogen) atoms. The van der Waals surface area contributed by atoms with E-state index in [-0.39, 0.29) is 6.10 Å². The first kappa shape index (κ1) is 12.8. The first-order chi connectivity index (χ1) is 8.27. The van der Waals surface area contributed by atoms with Crippen LogP contribution in [0.3, 0.4) is 0 Å². The van der Waals surface area contributed by atoms with Gasteiger partial charge in [0.2, 0.25) is 0 Å². The lowest BCUT2D eigenvalue weighted by atomic mass is 10.1. The zero-order valence-corrected chi connectivity index (χ0v) is 11.1. The molecule has 0 aliphatic carbocycles. The van der Waals surface area contributed by atoms with Crippen molar-refractivity contribution in [2.75, 3.05) is 6.61 Å². The average molecular weight is 260 g/mol. The Morgan fingerprint density at radius 1 is 0.944 bits per heavy atom. The van der Waals surface area contributed by atoms with Crippen LogP contribution in [0.5, 0.6) is 0 Å². The molecule has 6 nitrogen and oxygen atoms in total. The Morgan fingerprint density at radius 2 is 1.67 bits per heavy atom. The van der Waals surface area contributed by atoms with E-state index in [0.717, 1.165) is 0 Å². The van der Waals surface area contributed by atoms with Gasteiger partial charge in [-0.25, -0.2) is 0 Å². The maximum atomic E-state index is 10.3. The van der Waals surface area contributed by atoms with Crippen LogP contribution in [0.4, 0.5) is 0 Å². The SMILES string of the molecule is CC1(C)OCC([C@H]2OC3OC(C)(C)OC3[C@@H]2O)O1. The van der Waals surface area contributed by atoms with Gasteiger partial charge >= 0.3 is 0 Å². The van der Waals surface area contributed by atoms with Crippen LogP contribution in [0.1, 0.15) is 27.7 Å². The summed E-state index contributed by atoms with van der Waals surface area (Å²) in [4.78, 5) is 0. The van der Waals surface area contributed by atoms with Crippen molar-refractivity contribution in [3.63, 3.8) is 0 Å². The standard InChI is InChI=1S/C12H20O6/c1-11(2)14-5-6(16-11)8-7(13)9-10(15-8)18-12(3,4)17-9/h6-10,13H,5H2,1-4H3/t6?,7-,8-,9?,10?/m1/s1. The van der Waals surface area contributed by atoms with Crippen LogP contribution >= 0.6 is 0 Å². The lowest BCUT2D eigenvalue weighted by Gasteiger charge is -2.26. The molecule has 3 unspecified atom stereocenters. The molecule has 0 aromatic carbocycles. The highest BCUT2D eigenvalue weighted by molar-refractivity contribution is 4.97. The van der Waals surface area contributed by atoms with Gasteiger partial charge < -0.3 is 28.8 Å². The van der Waals surface area contributed by atoms with Crippen LogP contribution in [0.25, 0.3) is 0 Å². The number of hydrogen-bond acceptors (Lipinski definition) is 6. The third-order valence-electron chi connectivity index (χ3n) is 3.45. The summed E-state index contributed by atoms with van der Waals surface area (Å²) in [6, 6.07) is 0. The molecule has 3 fully saturated rings. The molecule has 3 aliphatic heterocycles. The fourth-order valence-corrected chi connectivity index (χ4v) is 2.70. The van der Waals surface area contributed by atoms with Gasteiger partial charge in [-0.15, -0.1) is 0 Å². The number of hydrogen-bond donors (Lipinski definition) is 1. The normalized spacial score (nSPS) is 49.5. The number of aliphatic hydroxyl groups is 1. The monoisotopic (exact) mass is 260 g/mol. The fourth-order valence-electron chi connectivity index (χ4n) is 2.70. The molecule has 0 bridgehead atoms. The third kappa shape index (κ3) is 2.07. The highest BCUT2D eigenvalue weighted by Gasteiger charge is 2.57. The van der Waals surface area contributed by atoms with Gasteiger partial charge in [0.25, 0.3) is 0 Å². The summed E-state index contributed by atoms with van der Waals surface area (Å²) in [6.45, 7) is 7.68. The van der Waals surface area contributed by atoms with E-state index in [1.54, 1.807) is 13.8 Å². The molecule has 6 heteroatoms. The van der Waals surface area contributed by atoms with Crippen LogP contribution in [0.15, 0.2) is 0 Å². The highest BCUT2D eigenvalue weighted by Crippen LogP contribution is 2.40. The van der Waals surface area contributed by atoms with Crippen molar-refractivity contribution in [2.24, 2.45) is 0 Å². The first-order valence-electron chi connectivity index (χ1n) is 6.28. The van der Waals surface area contributed by atoms with Crippen molar-refractivity contribution in [1.82, 2.24) is 0 Å². The summed E-state index contributed by atoms with van der Waals surface area (Å²) in [5.41, 5.74) is 0. The Kier molecular flexibility index (Phi) is 2.75. The minimum Gasteiger partial charge on any atom is -0.387 e. The summed E-state index contributed by atoms with van der Waals surface area (Å²) in [5, 5.41) is 10.3. The van der Waals surface area contributed by atoms with Crippen molar-refractivity contribution in [2.45, 2.75) is 70.0 Å². The van der Waals surface area contributed by atoms with Gasteiger partial charge in [0, 0.05) is 0 Å². The predicted octanol–water partition coefficient (Wildman–Crippen LogP) is 0.375. The first-order valence-corrected chi connectivity index (χ1v) is 6.28. The quantitative estimate of drug-likeness (QED) is 0.735. The summed E-state index contributed by atoms with van der Waals surface area (Å²) in [6.07, 6.45) is -2.53. The Bertz CT molecular complexity index is 341. The van der Waals surface area contributed by atoms with E-state index in [0.29, 0.717) is 6.61 Å². The predicted molar refractivity (Wildman–Crippen MR) is 59.6 cm³/mol. The van der Waals surface area contributed by atoms with Gasteiger partial charge in [-0.3, -0.25) is 0 Å². The zero-order chi connectivity index (χ0) is 13.1. The van der Waals surface area contributed by atoms with E-state index in [1.807, 2.05) is 13.8 Å². The Hall–Kier alpha value is -0.240. The number of rotatable bonds is 1. The molecule has 3 rings (SSSR count). The molecule has 3 heterocycles. The lowest BCUT2D eigenvalue weighted by Crippen LogP contribution is -2.42. The molecule has 1 N–H and O–H groups in total. The van der Waals surface area contributed by atoms with Crippen molar-refractivity contribution in [3.05, 3.63) is 0 Å². The Labute approximate surface area is 106 Å². The molecule has 0 spiro atoms. The van der Waals surface area contributed by atoms with Crippen LogP contribution in [-0.4, -0.2) is 54.0 Å². The summed E-state index contributed by atoms with van der Waals surface area (Å²) < 4.78 is 28.1. The highest BCUT2D eigenvalue weighted by atomic mass is 16.8. The average Bonchev–Trinajstić information content (AvgIpc) is 2.81. The maximum Gasteiger partial charge on any atom is 0.190 e. The second-order valence-electron chi connectivity index (χ2n) is 5.93. The van der Waals surface area contributed by atoms with Crippen LogP contribution in [0, 0.1) is 0 Å². The van der Waals surface area contributed by atoms with Crippen LogP contribution < -0.4 is 0 Å². The van der Waals surface area contributed by atoms with Gasteiger partial charge in [0.05, 0.1) is 6.61 Å². The van der Waals surface area contributed by atoms with Crippen LogP contribution in [0.2, 0.25) is 0 Å². The number of fused-ring (bicyclic) bond motifs is 1. The zero-order valence-electron chi connectivity index (χ0n) is 11.1. The summed E-state index contributed by atoms with van der Waals surface area (Å²) in [7, 11) is 0. The second-order valence-corrected chi connectivity index (χ2v) is 5.93. The van der Waals surface area contributed by atoms with Gasteiger partial charge in [-0.1, -0.05) is 0 Å². The Balaban J connectivity index is 1.68. The maximum absolute atomic E-state index is 10.3. The molecule has 3 aliphatic rings. The fraction of sp³-hybridized carbons (Fsp3) is 1.00. The lowest BCUT2D eigenvalue weighted by molar-refractivity contribution is -0.232. The summed E-state index contributed by atoms with van der Waals surface area (Å²) >= 11 is 0. The molecular formula is C12H20O6. The van der Waals surface area contributed by atoms with E-state index in [9.17, 15) is 5.11 Å². The molecule has 5 atom stereocenters. The van der Waals surface area contributed by atoms with Gasteiger partial charge in [-0.05, 0) is 27.7 Å². The molecule has 0 saturated carbocycles. The van der Waals surface area contributed by atoms with E-state index in [2.05, 4.69) is 0 Å². The molecule has 0 aromatic heterocycles. The molecule has 104 valence electrons. The van der Waals surface area contributed by atoms with E-state index in [4.69, 9.17) is 23.7 Å². The van der Waals surface area contributed by atoms with Gasteiger partial charge in [-0.2, -0.15) is 0 Å². The third-order valence-corrected chi connectivity index (χ3v) is 3.45. The largest absolute Gasteiger partial charge is 0.387 e. The Morgan fingerprint density at radius 3 is 2.22 bits per heavy atom. The summed E-state index contributed by atoms with van der Waals surface area (Å²) in [5.74, 6) is -1.35. The number of ether oxygens (including phenoxy) is 5. The molecule has 3 saturated heterocycles. The van der Waals surface area contributed by atoms with Gasteiger partial charge in [0.15, 0.2) is 17.9 Å². The smallest absolute Gasteiger partial charge is 0.190 e. The molecule has 0 amide bonds.